The fraction of sp³-hybridized carbons (Fsp3) is 0.667. The summed E-state index contributed by atoms with van der Waals surface area (Å²) < 4.78 is 1.29. The highest BCUT2D eigenvalue weighted by Gasteiger charge is 2.25. The van der Waals surface area contributed by atoms with Gasteiger partial charge in [0, 0.05) is 12.5 Å². The van der Waals surface area contributed by atoms with Crippen LogP contribution in [0, 0.1) is 0 Å². The highest BCUT2D eigenvalue weighted by molar-refractivity contribution is 5.23. The number of aliphatic hydroxyl groups is 1. The van der Waals surface area contributed by atoms with Crippen LogP contribution in [0.4, 0.5) is 0 Å². The van der Waals surface area contributed by atoms with Crippen LogP contribution in [0.5, 0.6) is 0 Å². The Hall–Kier alpha value is -1.16. The van der Waals surface area contributed by atoms with Gasteiger partial charge in [0.05, 0.1) is 16.9 Å². The van der Waals surface area contributed by atoms with Crippen LogP contribution < -0.4 is 5.56 Å². The Kier molecular flexibility index (Phi) is 2.98. The van der Waals surface area contributed by atoms with Crippen molar-refractivity contribution in [2.75, 3.05) is 0 Å². The molecule has 0 spiro atoms. The molecule has 0 aromatic carbocycles. The third-order valence-electron chi connectivity index (χ3n) is 2.49. The molecule has 1 heterocycles. The largest absolute Gasteiger partial charge is 0.386 e. The summed E-state index contributed by atoms with van der Waals surface area (Å²) in [7, 11) is 1.60. The molecular formula is C12H20N2O2. The second-order valence-corrected chi connectivity index (χ2v) is 5.68. The zero-order valence-electron chi connectivity index (χ0n) is 10.8. The zero-order chi connectivity index (χ0) is 12.7. The minimum Gasteiger partial charge on any atom is -0.386 e. The highest BCUT2D eigenvalue weighted by atomic mass is 16.3. The normalized spacial score (nSPS) is 12.9. The molecule has 0 saturated heterocycles. The van der Waals surface area contributed by atoms with Crippen LogP contribution in [0.15, 0.2) is 10.9 Å². The number of nitrogens with zero attached hydrogens (tertiary/aromatic N) is 2. The summed E-state index contributed by atoms with van der Waals surface area (Å²) in [5.74, 6) is 0. The van der Waals surface area contributed by atoms with Crippen molar-refractivity contribution in [3.8, 4) is 0 Å². The molecule has 1 N–H and O–H groups in total. The van der Waals surface area contributed by atoms with Gasteiger partial charge in [0.15, 0.2) is 0 Å². The monoisotopic (exact) mass is 224 g/mol. The van der Waals surface area contributed by atoms with Crippen LogP contribution in [0.1, 0.15) is 45.9 Å². The Morgan fingerprint density at radius 1 is 1.25 bits per heavy atom. The molecule has 0 aliphatic rings. The molecule has 1 aromatic rings. The van der Waals surface area contributed by atoms with Crippen LogP contribution in [-0.4, -0.2) is 14.9 Å². The van der Waals surface area contributed by atoms with E-state index in [0.29, 0.717) is 5.56 Å². The van der Waals surface area contributed by atoms with Gasteiger partial charge in [0.1, 0.15) is 0 Å². The maximum atomic E-state index is 11.8. The molecule has 0 unspecified atom stereocenters. The molecule has 0 aliphatic heterocycles. The smallest absolute Gasteiger partial charge is 0.272 e. The van der Waals surface area contributed by atoms with Crippen molar-refractivity contribution in [3.05, 3.63) is 27.7 Å². The van der Waals surface area contributed by atoms with Crippen molar-refractivity contribution >= 4 is 0 Å². The van der Waals surface area contributed by atoms with E-state index in [2.05, 4.69) is 5.10 Å². The molecule has 1 aromatic heterocycles. The second-order valence-electron chi connectivity index (χ2n) is 5.68. The van der Waals surface area contributed by atoms with Crippen LogP contribution in [-0.2, 0) is 18.1 Å². The third kappa shape index (κ3) is 2.50. The summed E-state index contributed by atoms with van der Waals surface area (Å²) in [5.41, 5.74) is -0.356. The van der Waals surface area contributed by atoms with Crippen molar-refractivity contribution < 1.29 is 5.11 Å². The van der Waals surface area contributed by atoms with Gasteiger partial charge in [-0.2, -0.15) is 5.10 Å². The first-order valence-corrected chi connectivity index (χ1v) is 5.35. The lowest BCUT2D eigenvalue weighted by Crippen LogP contribution is -2.34. The van der Waals surface area contributed by atoms with E-state index in [1.54, 1.807) is 27.0 Å². The number of hydrogen-bond donors (Lipinski definition) is 1. The van der Waals surface area contributed by atoms with E-state index in [9.17, 15) is 9.90 Å². The first kappa shape index (κ1) is 12.9. The highest BCUT2D eigenvalue weighted by Crippen LogP contribution is 2.23. The van der Waals surface area contributed by atoms with Crippen LogP contribution >= 0.6 is 0 Å². The molecule has 0 bridgehead atoms. The molecule has 4 nitrogen and oxygen atoms in total. The maximum Gasteiger partial charge on any atom is 0.272 e. The maximum absolute atomic E-state index is 11.8. The Bertz CT molecular complexity index is 448. The van der Waals surface area contributed by atoms with E-state index in [4.69, 9.17) is 0 Å². The SMILES string of the molecule is Cn1nc(C(C)(C)C)cc(C(C)(C)O)c1=O. The second kappa shape index (κ2) is 3.70. The Morgan fingerprint density at radius 2 is 1.75 bits per heavy atom. The van der Waals surface area contributed by atoms with Gasteiger partial charge in [-0.25, -0.2) is 4.68 Å². The van der Waals surface area contributed by atoms with Gasteiger partial charge in [0.25, 0.3) is 5.56 Å². The lowest BCUT2D eigenvalue weighted by molar-refractivity contribution is 0.0759. The lowest BCUT2D eigenvalue weighted by Gasteiger charge is -2.23. The van der Waals surface area contributed by atoms with E-state index in [0.717, 1.165) is 5.69 Å². The molecule has 90 valence electrons. The van der Waals surface area contributed by atoms with Gasteiger partial charge in [-0.1, -0.05) is 20.8 Å². The molecule has 0 saturated carbocycles. The minimum absolute atomic E-state index is 0.147. The van der Waals surface area contributed by atoms with Crippen molar-refractivity contribution in [1.29, 1.82) is 0 Å². The third-order valence-corrected chi connectivity index (χ3v) is 2.49. The molecular weight excluding hydrogens is 204 g/mol. The van der Waals surface area contributed by atoms with Gasteiger partial charge in [-0.05, 0) is 19.9 Å². The Labute approximate surface area is 95.9 Å². The Morgan fingerprint density at radius 3 is 2.12 bits per heavy atom. The lowest BCUT2D eigenvalue weighted by atomic mass is 9.89. The summed E-state index contributed by atoms with van der Waals surface area (Å²) in [6, 6.07) is 1.70. The fourth-order valence-corrected chi connectivity index (χ4v) is 1.41. The molecule has 1 rings (SSSR count). The topological polar surface area (TPSA) is 55.1 Å². The number of aryl methyl sites for hydroxylation is 1. The molecule has 0 amide bonds. The molecule has 0 radical (unpaired) electrons. The van der Waals surface area contributed by atoms with E-state index in [-0.39, 0.29) is 11.0 Å². The first-order chi connectivity index (χ1) is 7.03. The van der Waals surface area contributed by atoms with Crippen molar-refractivity contribution in [3.63, 3.8) is 0 Å². The number of rotatable bonds is 1. The predicted octanol–water partition coefficient (Wildman–Crippen LogP) is 1.31. The predicted molar refractivity (Wildman–Crippen MR) is 63.4 cm³/mol. The van der Waals surface area contributed by atoms with Crippen LogP contribution in [0.25, 0.3) is 0 Å². The van der Waals surface area contributed by atoms with Gasteiger partial charge in [-0.15, -0.1) is 0 Å². The quantitative estimate of drug-likeness (QED) is 0.782. The molecule has 0 aliphatic carbocycles. The molecule has 16 heavy (non-hydrogen) atoms. The van der Waals surface area contributed by atoms with Crippen LogP contribution in [0.2, 0.25) is 0 Å². The summed E-state index contributed by atoms with van der Waals surface area (Å²) >= 11 is 0. The van der Waals surface area contributed by atoms with E-state index in [1.165, 1.54) is 4.68 Å². The van der Waals surface area contributed by atoms with E-state index < -0.39 is 5.60 Å². The van der Waals surface area contributed by atoms with E-state index >= 15 is 0 Å². The minimum atomic E-state index is -1.14. The van der Waals surface area contributed by atoms with Gasteiger partial charge < -0.3 is 5.11 Å². The average Bonchev–Trinajstić information content (AvgIpc) is 2.05. The summed E-state index contributed by atoms with van der Waals surface area (Å²) in [6.07, 6.45) is 0. The average molecular weight is 224 g/mol. The fourth-order valence-electron chi connectivity index (χ4n) is 1.41. The number of aromatic nitrogens is 2. The van der Waals surface area contributed by atoms with E-state index in [1.807, 2.05) is 20.8 Å². The zero-order valence-corrected chi connectivity index (χ0v) is 10.8. The van der Waals surface area contributed by atoms with Crippen LogP contribution in [0.3, 0.4) is 0 Å². The summed E-state index contributed by atoms with van der Waals surface area (Å²) in [4.78, 5) is 11.8. The molecule has 0 fully saturated rings. The molecule has 0 atom stereocenters. The van der Waals surface area contributed by atoms with Gasteiger partial charge >= 0.3 is 0 Å². The Balaban J connectivity index is 3.53. The van der Waals surface area contributed by atoms with Crippen molar-refractivity contribution in [2.45, 2.75) is 45.6 Å². The number of hydrogen-bond acceptors (Lipinski definition) is 3. The standard InChI is InChI=1S/C12H20N2O2/c1-11(2,3)9-7-8(12(4,5)16)10(15)14(6)13-9/h7,16H,1-6H3. The summed E-state index contributed by atoms with van der Waals surface area (Å²) in [5, 5.41) is 14.2. The first-order valence-electron chi connectivity index (χ1n) is 5.35. The van der Waals surface area contributed by atoms with Crippen molar-refractivity contribution in [2.24, 2.45) is 7.05 Å². The molecule has 4 heteroatoms. The summed E-state index contributed by atoms with van der Waals surface area (Å²) in [6.45, 7) is 9.28. The van der Waals surface area contributed by atoms with Gasteiger partial charge in [-0.3, -0.25) is 4.79 Å². The van der Waals surface area contributed by atoms with Gasteiger partial charge in [0.2, 0.25) is 0 Å². The van der Waals surface area contributed by atoms with Crippen molar-refractivity contribution in [1.82, 2.24) is 9.78 Å².